The third-order valence-corrected chi connectivity index (χ3v) is 3.76. The lowest BCUT2D eigenvalue weighted by Crippen LogP contribution is -2.29. The lowest BCUT2D eigenvalue weighted by atomic mass is 10.1. The van der Waals surface area contributed by atoms with Crippen LogP contribution in [0.3, 0.4) is 0 Å². The number of aryl methyl sites for hydroxylation is 2. The molecule has 1 fully saturated rings. The quantitative estimate of drug-likeness (QED) is 0.854. The van der Waals surface area contributed by atoms with E-state index in [9.17, 15) is 9.90 Å². The number of likely N-dealkylation sites (tertiary alicyclic amines) is 1. The van der Waals surface area contributed by atoms with Crippen molar-refractivity contribution in [3.05, 3.63) is 17.0 Å². The topological polar surface area (TPSA) is 58.4 Å². The minimum Gasteiger partial charge on any atom is -0.391 e. The van der Waals surface area contributed by atoms with Crippen molar-refractivity contribution in [3.63, 3.8) is 0 Å². The Balaban J connectivity index is 1.93. The van der Waals surface area contributed by atoms with Crippen LogP contribution in [-0.4, -0.2) is 44.9 Å². The predicted molar refractivity (Wildman–Crippen MR) is 68.2 cm³/mol. The molecule has 1 unspecified atom stereocenters. The molecule has 1 N–H and O–H groups in total. The van der Waals surface area contributed by atoms with Gasteiger partial charge in [-0.3, -0.25) is 9.48 Å². The molecule has 0 radical (unpaired) electrons. The van der Waals surface area contributed by atoms with Crippen molar-refractivity contribution in [1.82, 2.24) is 14.7 Å². The maximum Gasteiger partial charge on any atom is 0.222 e. The lowest BCUT2D eigenvalue weighted by Gasteiger charge is -2.15. The SMILES string of the molecule is Cc1nn(C)c(C)c1CCC(=O)N1CCC(O)C1. The molecule has 1 aliphatic heterocycles. The molecule has 1 aromatic heterocycles. The maximum absolute atomic E-state index is 12.0. The minimum absolute atomic E-state index is 0.134. The van der Waals surface area contributed by atoms with E-state index in [1.54, 1.807) is 4.90 Å². The summed E-state index contributed by atoms with van der Waals surface area (Å²) in [4.78, 5) is 13.7. The lowest BCUT2D eigenvalue weighted by molar-refractivity contribution is -0.130. The number of nitrogens with zero attached hydrogens (tertiary/aromatic N) is 3. The summed E-state index contributed by atoms with van der Waals surface area (Å²) in [5.41, 5.74) is 3.30. The van der Waals surface area contributed by atoms with Gasteiger partial charge in [-0.25, -0.2) is 0 Å². The maximum atomic E-state index is 12.0. The van der Waals surface area contributed by atoms with Crippen molar-refractivity contribution in [2.24, 2.45) is 7.05 Å². The van der Waals surface area contributed by atoms with Crippen LogP contribution in [0.2, 0.25) is 0 Å². The Morgan fingerprint density at radius 1 is 1.50 bits per heavy atom. The Bertz CT molecular complexity index is 453. The van der Waals surface area contributed by atoms with Crippen LogP contribution in [-0.2, 0) is 18.3 Å². The summed E-state index contributed by atoms with van der Waals surface area (Å²) >= 11 is 0. The van der Waals surface area contributed by atoms with E-state index < -0.39 is 0 Å². The van der Waals surface area contributed by atoms with E-state index >= 15 is 0 Å². The largest absolute Gasteiger partial charge is 0.391 e. The normalized spacial score (nSPS) is 19.6. The number of hydrogen-bond acceptors (Lipinski definition) is 3. The van der Waals surface area contributed by atoms with Crippen molar-refractivity contribution in [1.29, 1.82) is 0 Å². The van der Waals surface area contributed by atoms with Crippen LogP contribution < -0.4 is 0 Å². The second-order valence-corrected chi connectivity index (χ2v) is 5.06. The molecule has 0 saturated carbocycles. The average molecular weight is 251 g/mol. The molecule has 0 bridgehead atoms. The summed E-state index contributed by atoms with van der Waals surface area (Å²) < 4.78 is 1.86. The molecular weight excluding hydrogens is 230 g/mol. The third-order valence-electron chi connectivity index (χ3n) is 3.76. The van der Waals surface area contributed by atoms with Gasteiger partial charge in [0.15, 0.2) is 0 Å². The van der Waals surface area contributed by atoms with Crippen LogP contribution >= 0.6 is 0 Å². The summed E-state index contributed by atoms with van der Waals surface area (Å²) in [7, 11) is 1.92. The molecule has 1 aliphatic rings. The van der Waals surface area contributed by atoms with Crippen LogP contribution in [0.1, 0.15) is 29.8 Å². The fraction of sp³-hybridized carbons (Fsp3) is 0.692. The van der Waals surface area contributed by atoms with Crippen molar-refractivity contribution in [2.75, 3.05) is 13.1 Å². The second-order valence-electron chi connectivity index (χ2n) is 5.06. The molecule has 1 saturated heterocycles. The summed E-state index contributed by atoms with van der Waals surface area (Å²) in [6.45, 7) is 5.18. The van der Waals surface area contributed by atoms with E-state index in [-0.39, 0.29) is 12.0 Å². The van der Waals surface area contributed by atoms with E-state index in [0.717, 1.165) is 17.8 Å². The molecule has 0 spiro atoms. The summed E-state index contributed by atoms with van der Waals surface area (Å²) in [5, 5.41) is 13.8. The first kappa shape index (κ1) is 13.1. The number of hydrogen-bond donors (Lipinski definition) is 1. The molecule has 1 aromatic rings. The van der Waals surface area contributed by atoms with Crippen molar-refractivity contribution >= 4 is 5.91 Å². The highest BCUT2D eigenvalue weighted by Gasteiger charge is 2.24. The van der Waals surface area contributed by atoms with Crippen LogP contribution in [0.15, 0.2) is 0 Å². The number of amides is 1. The van der Waals surface area contributed by atoms with Gasteiger partial charge in [0.25, 0.3) is 0 Å². The Hall–Kier alpha value is -1.36. The number of carbonyl (C=O) groups excluding carboxylic acids is 1. The zero-order valence-corrected chi connectivity index (χ0v) is 11.3. The van der Waals surface area contributed by atoms with Gasteiger partial charge >= 0.3 is 0 Å². The van der Waals surface area contributed by atoms with Gasteiger partial charge in [-0.2, -0.15) is 5.10 Å². The summed E-state index contributed by atoms with van der Waals surface area (Å²) in [5.74, 6) is 0.134. The van der Waals surface area contributed by atoms with Gasteiger partial charge in [-0.15, -0.1) is 0 Å². The monoisotopic (exact) mass is 251 g/mol. The first-order chi connectivity index (χ1) is 8.49. The number of rotatable bonds is 3. The standard InChI is InChI=1S/C13H21N3O2/c1-9-12(10(2)15(3)14-9)4-5-13(18)16-7-6-11(17)8-16/h11,17H,4-8H2,1-3H3. The molecule has 1 atom stereocenters. The van der Waals surface area contributed by atoms with E-state index in [0.29, 0.717) is 25.9 Å². The Morgan fingerprint density at radius 2 is 2.22 bits per heavy atom. The van der Waals surface area contributed by atoms with Gasteiger partial charge in [0, 0.05) is 32.3 Å². The summed E-state index contributed by atoms with van der Waals surface area (Å²) in [6, 6.07) is 0. The van der Waals surface area contributed by atoms with Crippen LogP contribution in [0, 0.1) is 13.8 Å². The molecule has 0 aromatic carbocycles. The van der Waals surface area contributed by atoms with Crippen molar-refractivity contribution in [3.8, 4) is 0 Å². The number of β-amino-alcohol motifs (C(OH)–C–C–N with tert-alkyl or cyclic N) is 1. The number of aromatic nitrogens is 2. The Morgan fingerprint density at radius 3 is 2.72 bits per heavy atom. The number of aliphatic hydroxyl groups excluding tert-OH is 1. The first-order valence-electron chi connectivity index (χ1n) is 6.44. The third kappa shape index (κ3) is 2.56. The molecule has 100 valence electrons. The van der Waals surface area contributed by atoms with E-state index in [1.165, 1.54) is 5.56 Å². The van der Waals surface area contributed by atoms with E-state index in [1.807, 2.05) is 25.6 Å². The van der Waals surface area contributed by atoms with Crippen molar-refractivity contribution in [2.45, 2.75) is 39.2 Å². The van der Waals surface area contributed by atoms with Crippen molar-refractivity contribution < 1.29 is 9.90 Å². The van der Waals surface area contributed by atoms with Crippen LogP contribution in [0.4, 0.5) is 0 Å². The van der Waals surface area contributed by atoms with Gasteiger partial charge in [0.1, 0.15) is 0 Å². The highest BCUT2D eigenvalue weighted by atomic mass is 16.3. The second kappa shape index (κ2) is 5.10. The fourth-order valence-electron chi connectivity index (χ4n) is 2.54. The highest BCUT2D eigenvalue weighted by molar-refractivity contribution is 5.76. The van der Waals surface area contributed by atoms with E-state index in [4.69, 9.17) is 0 Å². The minimum atomic E-state index is -0.337. The van der Waals surface area contributed by atoms with Gasteiger partial charge in [0.2, 0.25) is 5.91 Å². The van der Waals surface area contributed by atoms with E-state index in [2.05, 4.69) is 5.10 Å². The smallest absolute Gasteiger partial charge is 0.222 e. The number of aliphatic hydroxyl groups is 1. The predicted octanol–water partition coefficient (Wildman–Crippen LogP) is 0.563. The fourth-order valence-corrected chi connectivity index (χ4v) is 2.54. The average Bonchev–Trinajstić information content (AvgIpc) is 2.83. The molecule has 5 heteroatoms. The van der Waals surface area contributed by atoms with Gasteiger partial charge in [0.05, 0.1) is 11.8 Å². The molecule has 2 rings (SSSR count). The van der Waals surface area contributed by atoms with Gasteiger partial charge in [-0.1, -0.05) is 0 Å². The summed E-state index contributed by atoms with van der Waals surface area (Å²) in [6.07, 6.45) is 1.60. The molecule has 2 heterocycles. The molecule has 18 heavy (non-hydrogen) atoms. The molecule has 0 aliphatic carbocycles. The van der Waals surface area contributed by atoms with Crippen LogP contribution in [0.5, 0.6) is 0 Å². The molecule has 1 amide bonds. The Kier molecular flexibility index (Phi) is 3.71. The molecular formula is C13H21N3O2. The van der Waals surface area contributed by atoms with Gasteiger partial charge < -0.3 is 10.0 Å². The molecule has 5 nitrogen and oxygen atoms in total. The zero-order valence-electron chi connectivity index (χ0n) is 11.3. The number of carbonyl (C=O) groups is 1. The first-order valence-corrected chi connectivity index (χ1v) is 6.44. The highest BCUT2D eigenvalue weighted by Crippen LogP contribution is 2.16. The van der Waals surface area contributed by atoms with Crippen LogP contribution in [0.25, 0.3) is 0 Å². The van der Waals surface area contributed by atoms with Gasteiger partial charge in [-0.05, 0) is 32.3 Å². The zero-order chi connectivity index (χ0) is 13.3. The Labute approximate surface area is 107 Å².